The van der Waals surface area contributed by atoms with Crippen LogP contribution in [-0.2, 0) is 19.9 Å². The van der Waals surface area contributed by atoms with Crippen LogP contribution in [0.5, 0.6) is 0 Å². The molecule has 0 radical (unpaired) electrons. The number of aromatic nitrogens is 2. The number of aryl methyl sites for hydroxylation is 1. The number of carbonyl (C=O) groups excluding carboxylic acids is 2. The Morgan fingerprint density at radius 2 is 2.14 bits per heavy atom. The van der Waals surface area contributed by atoms with Gasteiger partial charge in [0.2, 0.25) is 5.78 Å². The molecule has 1 unspecified atom stereocenters. The van der Waals surface area contributed by atoms with Crippen LogP contribution in [0.25, 0.3) is 0 Å². The topological polar surface area (TPSA) is 94.2 Å². The Morgan fingerprint density at radius 1 is 1.32 bits per heavy atom. The van der Waals surface area contributed by atoms with Crippen molar-refractivity contribution in [3.8, 4) is 0 Å². The molecule has 1 aliphatic carbocycles. The smallest absolute Gasteiger partial charge is 0.276 e. The third-order valence-corrected chi connectivity index (χ3v) is 6.07. The van der Waals surface area contributed by atoms with Gasteiger partial charge in [0.25, 0.3) is 11.5 Å². The molecule has 7 nitrogen and oxygen atoms in total. The van der Waals surface area contributed by atoms with Gasteiger partial charge in [-0.05, 0) is 48.9 Å². The lowest BCUT2D eigenvalue weighted by atomic mass is 9.87. The molecule has 28 heavy (non-hydrogen) atoms. The average molecular weight is 397 g/mol. The highest BCUT2D eigenvalue weighted by Gasteiger charge is 2.30. The number of amides is 1. The van der Waals surface area contributed by atoms with Gasteiger partial charge < -0.3 is 9.73 Å². The monoisotopic (exact) mass is 397 g/mol. The van der Waals surface area contributed by atoms with Gasteiger partial charge in [-0.3, -0.25) is 14.4 Å². The Bertz CT molecular complexity index is 1110. The number of fused-ring (bicyclic) bond motifs is 1. The van der Waals surface area contributed by atoms with Crippen LogP contribution in [0.15, 0.2) is 39.7 Å². The van der Waals surface area contributed by atoms with Crippen molar-refractivity contribution >= 4 is 28.0 Å². The second kappa shape index (κ2) is 7.20. The largest absolute Gasteiger partial charge is 0.461 e. The second-order valence-electron chi connectivity index (χ2n) is 7.00. The lowest BCUT2D eigenvalue weighted by Gasteiger charge is -2.18. The van der Waals surface area contributed by atoms with Gasteiger partial charge in [-0.25, -0.2) is 4.68 Å². The van der Waals surface area contributed by atoms with Crippen LogP contribution < -0.4 is 10.9 Å². The first-order chi connectivity index (χ1) is 13.4. The van der Waals surface area contributed by atoms with E-state index in [2.05, 4.69) is 17.3 Å². The minimum atomic E-state index is -0.462. The number of hydrogen-bond acceptors (Lipinski definition) is 6. The highest BCUT2D eigenvalue weighted by molar-refractivity contribution is 7.17. The normalized spacial score (nSPS) is 15.9. The fraction of sp³-hybridized carbons (Fsp3) is 0.300. The predicted molar refractivity (Wildman–Crippen MR) is 105 cm³/mol. The van der Waals surface area contributed by atoms with Gasteiger partial charge in [0.1, 0.15) is 10.7 Å². The Hall–Kier alpha value is -3.00. The molecule has 0 spiro atoms. The molecule has 8 heteroatoms. The van der Waals surface area contributed by atoms with E-state index in [9.17, 15) is 14.4 Å². The Kier molecular flexibility index (Phi) is 4.72. The molecule has 0 aliphatic heterocycles. The lowest BCUT2D eigenvalue weighted by molar-refractivity contribution is 0.101. The molecular weight excluding hydrogens is 378 g/mol. The Morgan fingerprint density at radius 3 is 2.86 bits per heavy atom. The minimum Gasteiger partial charge on any atom is -0.461 e. The summed E-state index contributed by atoms with van der Waals surface area (Å²) in [6.07, 6.45) is 4.13. The molecule has 1 N–H and O–H groups in total. The van der Waals surface area contributed by atoms with Crippen LogP contribution in [0.1, 0.15) is 50.4 Å². The van der Waals surface area contributed by atoms with Crippen molar-refractivity contribution in [3.05, 3.63) is 68.3 Å². The summed E-state index contributed by atoms with van der Waals surface area (Å²) in [6, 6.07) is 5.96. The van der Waals surface area contributed by atoms with E-state index < -0.39 is 5.91 Å². The van der Waals surface area contributed by atoms with Crippen LogP contribution in [0.4, 0.5) is 5.00 Å². The van der Waals surface area contributed by atoms with Crippen LogP contribution in [-0.4, -0.2) is 21.5 Å². The van der Waals surface area contributed by atoms with E-state index >= 15 is 0 Å². The third-order valence-electron chi connectivity index (χ3n) is 4.90. The maximum absolute atomic E-state index is 13.1. The van der Waals surface area contributed by atoms with E-state index in [0.29, 0.717) is 16.5 Å². The molecular formula is C20H19N3O4S. The predicted octanol–water partition coefficient (Wildman–Crippen LogP) is 3.04. The molecule has 1 amide bonds. The van der Waals surface area contributed by atoms with Crippen molar-refractivity contribution in [1.29, 1.82) is 0 Å². The quantitative estimate of drug-likeness (QED) is 0.683. The van der Waals surface area contributed by atoms with Gasteiger partial charge in [-0.1, -0.05) is 6.92 Å². The Labute approximate surface area is 165 Å². The second-order valence-corrected chi connectivity index (χ2v) is 8.10. The van der Waals surface area contributed by atoms with Gasteiger partial charge in [0.15, 0.2) is 5.76 Å². The standard InChI is InChI=1S/C20H19N3O4S/c1-11-5-6-12-15(10-11)28-20(17(12)18(25)14-4-3-9-27-14)21-19(26)13-7-8-16(24)23(2)22-13/h3-4,7-9,11H,5-6,10H2,1-2H3,(H,21,26). The maximum Gasteiger partial charge on any atom is 0.276 e. The van der Waals surface area contributed by atoms with Gasteiger partial charge in [0.05, 0.1) is 11.8 Å². The number of furan rings is 1. The number of rotatable bonds is 4. The minimum absolute atomic E-state index is 0.109. The summed E-state index contributed by atoms with van der Waals surface area (Å²) in [4.78, 5) is 38.4. The molecule has 144 valence electrons. The van der Waals surface area contributed by atoms with Crippen LogP contribution >= 0.6 is 11.3 Å². The molecule has 3 aromatic rings. The molecule has 3 aromatic heterocycles. The van der Waals surface area contributed by atoms with Gasteiger partial charge in [-0.2, -0.15) is 5.10 Å². The van der Waals surface area contributed by atoms with Gasteiger partial charge in [-0.15, -0.1) is 11.3 Å². The first kappa shape index (κ1) is 18.4. The molecule has 0 aromatic carbocycles. The maximum atomic E-state index is 13.1. The van der Waals surface area contributed by atoms with E-state index in [1.165, 1.54) is 36.8 Å². The first-order valence-corrected chi connectivity index (χ1v) is 9.84. The van der Waals surface area contributed by atoms with Crippen molar-refractivity contribution in [2.45, 2.75) is 26.2 Å². The molecule has 0 saturated carbocycles. The number of ketones is 1. The fourth-order valence-electron chi connectivity index (χ4n) is 3.40. The van der Waals surface area contributed by atoms with Crippen molar-refractivity contribution in [3.63, 3.8) is 0 Å². The molecule has 0 fully saturated rings. The first-order valence-electron chi connectivity index (χ1n) is 9.02. The van der Waals surface area contributed by atoms with Gasteiger partial charge >= 0.3 is 0 Å². The van der Waals surface area contributed by atoms with Crippen molar-refractivity contribution in [2.24, 2.45) is 13.0 Å². The van der Waals surface area contributed by atoms with Crippen molar-refractivity contribution < 1.29 is 14.0 Å². The fourth-order valence-corrected chi connectivity index (χ4v) is 4.80. The number of anilines is 1. The highest BCUT2D eigenvalue weighted by atomic mass is 32.1. The SMILES string of the molecule is CC1CCc2c(sc(NC(=O)c3ccc(=O)n(C)n3)c2C(=O)c2ccco2)C1. The molecule has 0 saturated heterocycles. The van der Waals surface area contributed by atoms with E-state index in [-0.39, 0.29) is 22.8 Å². The van der Waals surface area contributed by atoms with E-state index in [1.807, 2.05) is 0 Å². The summed E-state index contributed by atoms with van der Waals surface area (Å²) in [5.41, 5.74) is 1.30. The Balaban J connectivity index is 1.73. The summed E-state index contributed by atoms with van der Waals surface area (Å²) in [5, 5.41) is 7.31. The summed E-state index contributed by atoms with van der Waals surface area (Å²) in [6.45, 7) is 2.18. The van der Waals surface area contributed by atoms with E-state index in [1.54, 1.807) is 12.1 Å². The lowest BCUT2D eigenvalue weighted by Crippen LogP contribution is -2.24. The zero-order chi connectivity index (χ0) is 19.8. The van der Waals surface area contributed by atoms with Crippen molar-refractivity contribution in [1.82, 2.24) is 9.78 Å². The molecule has 0 bridgehead atoms. The summed E-state index contributed by atoms with van der Waals surface area (Å²) in [7, 11) is 1.48. The molecule has 1 aliphatic rings. The zero-order valence-corrected chi connectivity index (χ0v) is 16.3. The number of carbonyl (C=O) groups is 2. The summed E-state index contributed by atoms with van der Waals surface area (Å²) in [5.74, 6) is 0.0815. The molecule has 4 rings (SSSR count). The van der Waals surface area contributed by atoms with Crippen molar-refractivity contribution in [2.75, 3.05) is 5.32 Å². The molecule has 1 atom stereocenters. The van der Waals surface area contributed by atoms with Crippen LogP contribution in [0.3, 0.4) is 0 Å². The van der Waals surface area contributed by atoms with E-state index in [0.717, 1.165) is 34.4 Å². The van der Waals surface area contributed by atoms with Crippen LogP contribution in [0, 0.1) is 5.92 Å². The number of hydrogen-bond donors (Lipinski definition) is 1. The number of thiophene rings is 1. The van der Waals surface area contributed by atoms with E-state index in [4.69, 9.17) is 4.42 Å². The summed E-state index contributed by atoms with van der Waals surface area (Å²) < 4.78 is 6.40. The number of nitrogens with one attached hydrogen (secondary N) is 1. The summed E-state index contributed by atoms with van der Waals surface area (Å²) >= 11 is 1.43. The van der Waals surface area contributed by atoms with Gasteiger partial charge in [0, 0.05) is 18.0 Å². The zero-order valence-electron chi connectivity index (χ0n) is 15.5. The average Bonchev–Trinajstić information content (AvgIpc) is 3.31. The highest BCUT2D eigenvalue weighted by Crippen LogP contribution is 2.40. The third kappa shape index (κ3) is 3.31. The van der Waals surface area contributed by atoms with Crippen LogP contribution in [0.2, 0.25) is 0 Å². The number of nitrogens with zero attached hydrogens (tertiary/aromatic N) is 2. The molecule has 3 heterocycles.